The maximum absolute atomic E-state index is 11.8. The number of benzene rings is 2. The number of hydrogen-bond donors (Lipinski definition) is 1. The molecule has 4 heteroatoms. The van der Waals surface area contributed by atoms with E-state index in [9.17, 15) is 4.79 Å². The number of carbonyl (C=O) groups excluding carboxylic acids is 1. The molecule has 0 bridgehead atoms. The number of fused-ring (bicyclic) bond motifs is 1. The van der Waals surface area contributed by atoms with Gasteiger partial charge in [-0.1, -0.05) is 35.9 Å². The summed E-state index contributed by atoms with van der Waals surface area (Å²) in [5, 5.41) is 3.77. The fraction of sp³-hybridized carbons (Fsp3) is 0.188. The number of nitrogens with one attached hydrogen (secondary N) is 1. The van der Waals surface area contributed by atoms with Crippen LogP contribution in [0.4, 0.5) is 5.69 Å². The summed E-state index contributed by atoms with van der Waals surface area (Å²) in [5.74, 6) is 0.486. The Morgan fingerprint density at radius 1 is 1.20 bits per heavy atom. The zero-order chi connectivity index (χ0) is 14.1. The molecule has 1 aliphatic heterocycles. The summed E-state index contributed by atoms with van der Waals surface area (Å²) in [4.78, 5) is 11.8. The largest absolute Gasteiger partial charge is 0.325 e. The zero-order valence-corrected chi connectivity index (χ0v) is 12.6. The molecule has 2 aromatic rings. The molecule has 1 heterocycles. The van der Waals surface area contributed by atoms with Gasteiger partial charge in [0, 0.05) is 10.7 Å². The van der Waals surface area contributed by atoms with E-state index >= 15 is 0 Å². The van der Waals surface area contributed by atoms with E-state index in [-0.39, 0.29) is 11.2 Å². The molecule has 1 unspecified atom stereocenters. The van der Waals surface area contributed by atoms with Crippen LogP contribution in [0, 0.1) is 6.92 Å². The molecule has 0 aromatic heterocycles. The molecule has 1 atom stereocenters. The molecule has 0 fully saturated rings. The monoisotopic (exact) mass is 303 g/mol. The van der Waals surface area contributed by atoms with Crippen molar-refractivity contribution < 1.29 is 4.79 Å². The Bertz CT molecular complexity index is 671. The van der Waals surface area contributed by atoms with Crippen molar-refractivity contribution >= 4 is 35.0 Å². The molecular weight excluding hydrogens is 290 g/mol. The number of hydrogen-bond acceptors (Lipinski definition) is 2. The third kappa shape index (κ3) is 2.56. The molecule has 1 aliphatic rings. The molecule has 0 saturated heterocycles. The topological polar surface area (TPSA) is 29.1 Å². The molecule has 2 nitrogen and oxygen atoms in total. The Kier molecular flexibility index (Phi) is 3.72. The SMILES string of the molecule is Cc1ccccc1C1SCC(=O)Nc2ccc(Cl)cc21. The van der Waals surface area contributed by atoms with Gasteiger partial charge in [0.25, 0.3) is 0 Å². The third-order valence-corrected chi connectivity index (χ3v) is 4.93. The summed E-state index contributed by atoms with van der Waals surface area (Å²) in [7, 11) is 0. The molecule has 0 radical (unpaired) electrons. The lowest BCUT2D eigenvalue weighted by Crippen LogP contribution is -2.12. The van der Waals surface area contributed by atoms with Gasteiger partial charge < -0.3 is 5.32 Å². The van der Waals surface area contributed by atoms with E-state index in [1.807, 2.05) is 30.3 Å². The van der Waals surface area contributed by atoms with Crippen LogP contribution >= 0.6 is 23.4 Å². The van der Waals surface area contributed by atoms with Crippen LogP contribution in [0.25, 0.3) is 0 Å². The second kappa shape index (κ2) is 5.51. The first-order chi connectivity index (χ1) is 9.65. The average Bonchev–Trinajstić information content (AvgIpc) is 2.58. The predicted molar refractivity (Wildman–Crippen MR) is 85.6 cm³/mol. The van der Waals surface area contributed by atoms with Crippen molar-refractivity contribution in [1.82, 2.24) is 0 Å². The minimum atomic E-state index is 0.0367. The molecule has 2 aromatic carbocycles. The fourth-order valence-electron chi connectivity index (χ4n) is 2.44. The van der Waals surface area contributed by atoms with Gasteiger partial charge in [-0.05, 0) is 41.8 Å². The Morgan fingerprint density at radius 3 is 2.80 bits per heavy atom. The lowest BCUT2D eigenvalue weighted by Gasteiger charge is -2.19. The van der Waals surface area contributed by atoms with E-state index in [2.05, 4.69) is 24.4 Å². The third-order valence-electron chi connectivity index (χ3n) is 3.42. The van der Waals surface area contributed by atoms with Crippen molar-refractivity contribution in [1.29, 1.82) is 0 Å². The first kappa shape index (κ1) is 13.5. The van der Waals surface area contributed by atoms with E-state index in [0.717, 1.165) is 11.3 Å². The molecule has 0 spiro atoms. The van der Waals surface area contributed by atoms with Crippen LogP contribution in [-0.4, -0.2) is 11.7 Å². The molecule has 1 N–H and O–H groups in total. The maximum Gasteiger partial charge on any atom is 0.234 e. The van der Waals surface area contributed by atoms with Crippen LogP contribution in [0.2, 0.25) is 5.02 Å². The molecule has 0 saturated carbocycles. The van der Waals surface area contributed by atoms with Crippen molar-refractivity contribution in [3.63, 3.8) is 0 Å². The van der Waals surface area contributed by atoms with Gasteiger partial charge in [-0.3, -0.25) is 4.79 Å². The minimum absolute atomic E-state index is 0.0367. The fourth-order valence-corrected chi connectivity index (χ4v) is 3.83. The minimum Gasteiger partial charge on any atom is -0.325 e. The van der Waals surface area contributed by atoms with Crippen molar-refractivity contribution in [3.8, 4) is 0 Å². The molecule has 0 aliphatic carbocycles. The van der Waals surface area contributed by atoms with Gasteiger partial charge in [0.1, 0.15) is 0 Å². The first-order valence-electron chi connectivity index (χ1n) is 6.41. The number of rotatable bonds is 1. The molecular formula is C16H14ClNOS. The van der Waals surface area contributed by atoms with Crippen LogP contribution in [0.3, 0.4) is 0 Å². The molecule has 1 amide bonds. The molecule has 20 heavy (non-hydrogen) atoms. The lowest BCUT2D eigenvalue weighted by atomic mass is 9.98. The van der Waals surface area contributed by atoms with E-state index in [1.54, 1.807) is 11.8 Å². The van der Waals surface area contributed by atoms with Crippen molar-refractivity contribution in [3.05, 3.63) is 64.2 Å². The van der Waals surface area contributed by atoms with Crippen molar-refractivity contribution in [2.24, 2.45) is 0 Å². The molecule has 102 valence electrons. The van der Waals surface area contributed by atoms with E-state index in [1.165, 1.54) is 11.1 Å². The van der Waals surface area contributed by atoms with Crippen LogP contribution in [0.1, 0.15) is 21.9 Å². The highest BCUT2D eigenvalue weighted by Crippen LogP contribution is 2.43. The summed E-state index contributed by atoms with van der Waals surface area (Å²) >= 11 is 7.78. The van der Waals surface area contributed by atoms with Gasteiger partial charge in [0.05, 0.1) is 11.0 Å². The van der Waals surface area contributed by atoms with E-state index in [4.69, 9.17) is 11.6 Å². The van der Waals surface area contributed by atoms with Gasteiger partial charge in [-0.15, -0.1) is 11.8 Å². The Labute approximate surface area is 127 Å². The summed E-state index contributed by atoms with van der Waals surface area (Å²) in [6.07, 6.45) is 0. The highest BCUT2D eigenvalue weighted by molar-refractivity contribution is 8.00. The highest BCUT2D eigenvalue weighted by Gasteiger charge is 2.25. The van der Waals surface area contributed by atoms with E-state index in [0.29, 0.717) is 10.8 Å². The standard InChI is InChI=1S/C16H14ClNOS/c1-10-4-2-3-5-12(10)16-13-8-11(17)6-7-14(13)18-15(19)9-20-16/h2-8,16H,9H2,1H3,(H,18,19). The maximum atomic E-state index is 11.8. The smallest absolute Gasteiger partial charge is 0.234 e. The summed E-state index contributed by atoms with van der Waals surface area (Å²) in [5.41, 5.74) is 4.39. The summed E-state index contributed by atoms with van der Waals surface area (Å²) in [6, 6.07) is 13.9. The normalized spacial score (nSPS) is 18.1. The Balaban J connectivity index is 2.15. The van der Waals surface area contributed by atoms with Crippen LogP contribution in [0.15, 0.2) is 42.5 Å². The quantitative estimate of drug-likeness (QED) is 0.845. The van der Waals surface area contributed by atoms with Crippen LogP contribution < -0.4 is 5.32 Å². The Morgan fingerprint density at radius 2 is 2.00 bits per heavy atom. The second-order valence-corrected chi connectivity index (χ2v) is 6.36. The van der Waals surface area contributed by atoms with Crippen molar-refractivity contribution in [2.75, 3.05) is 11.1 Å². The van der Waals surface area contributed by atoms with Gasteiger partial charge in [-0.2, -0.15) is 0 Å². The first-order valence-corrected chi connectivity index (χ1v) is 7.84. The number of aryl methyl sites for hydroxylation is 1. The van der Waals surface area contributed by atoms with Crippen molar-refractivity contribution in [2.45, 2.75) is 12.2 Å². The number of anilines is 1. The highest BCUT2D eigenvalue weighted by atomic mass is 35.5. The number of thioether (sulfide) groups is 1. The summed E-state index contributed by atoms with van der Waals surface area (Å²) < 4.78 is 0. The zero-order valence-electron chi connectivity index (χ0n) is 11.0. The van der Waals surface area contributed by atoms with Gasteiger partial charge in [0.15, 0.2) is 0 Å². The number of carbonyl (C=O) groups is 1. The predicted octanol–water partition coefficient (Wildman–Crippen LogP) is 4.42. The van der Waals surface area contributed by atoms with E-state index < -0.39 is 0 Å². The number of amides is 1. The summed E-state index contributed by atoms with van der Waals surface area (Å²) in [6.45, 7) is 2.10. The van der Waals surface area contributed by atoms with Gasteiger partial charge in [0.2, 0.25) is 5.91 Å². The lowest BCUT2D eigenvalue weighted by molar-refractivity contribution is -0.113. The van der Waals surface area contributed by atoms with Gasteiger partial charge >= 0.3 is 0 Å². The molecule has 3 rings (SSSR count). The van der Waals surface area contributed by atoms with Gasteiger partial charge in [-0.25, -0.2) is 0 Å². The second-order valence-electron chi connectivity index (χ2n) is 4.83. The van der Waals surface area contributed by atoms with Crippen LogP contribution in [0.5, 0.6) is 0 Å². The Hall–Kier alpha value is -1.45. The number of halogens is 1. The average molecular weight is 304 g/mol. The van der Waals surface area contributed by atoms with Crippen LogP contribution in [-0.2, 0) is 4.79 Å².